The number of carbonyl (C=O) groups is 1. The third-order valence-corrected chi connectivity index (χ3v) is 1.91. The molecule has 0 aliphatic carbocycles. The minimum Gasteiger partial charge on any atom is -0.504 e. The van der Waals surface area contributed by atoms with Gasteiger partial charge in [0.2, 0.25) is 0 Å². The predicted molar refractivity (Wildman–Crippen MR) is 53.9 cm³/mol. The summed E-state index contributed by atoms with van der Waals surface area (Å²) >= 11 is 0. The van der Waals surface area contributed by atoms with Gasteiger partial charge in [-0.3, -0.25) is 4.79 Å². The zero-order chi connectivity index (χ0) is 10.4. The summed E-state index contributed by atoms with van der Waals surface area (Å²) < 4.78 is 5.31. The van der Waals surface area contributed by atoms with E-state index in [9.17, 15) is 9.90 Å². The minimum atomic E-state index is -0.0707. The highest BCUT2D eigenvalue weighted by molar-refractivity contribution is 5.80. The van der Waals surface area contributed by atoms with Crippen molar-refractivity contribution < 1.29 is 14.6 Å². The Morgan fingerprint density at radius 3 is 2.93 bits per heavy atom. The lowest BCUT2D eigenvalue weighted by Gasteiger charge is -2.07. The van der Waals surface area contributed by atoms with Crippen LogP contribution in [0.15, 0.2) is 18.2 Å². The van der Waals surface area contributed by atoms with Crippen LogP contribution in [-0.2, 0) is 0 Å². The molecule has 0 saturated carbocycles. The van der Waals surface area contributed by atoms with Gasteiger partial charge in [0.1, 0.15) is 0 Å². The zero-order valence-electron chi connectivity index (χ0n) is 8.19. The van der Waals surface area contributed by atoms with Crippen molar-refractivity contribution >= 4 is 6.29 Å². The highest BCUT2D eigenvalue weighted by atomic mass is 16.5. The maximum atomic E-state index is 10.5. The number of phenols is 1. The first kappa shape index (κ1) is 10.6. The van der Waals surface area contributed by atoms with Gasteiger partial charge in [-0.15, -0.1) is 0 Å². The Kier molecular flexibility index (Phi) is 3.98. The largest absolute Gasteiger partial charge is 0.504 e. The maximum absolute atomic E-state index is 10.5. The Hall–Kier alpha value is -1.51. The number of hydrogen-bond donors (Lipinski definition) is 1. The van der Waals surface area contributed by atoms with Crippen LogP contribution in [0, 0.1) is 0 Å². The lowest BCUT2D eigenvalue weighted by molar-refractivity contribution is 0.112. The molecule has 0 aliphatic rings. The van der Waals surface area contributed by atoms with Gasteiger partial charge in [0.25, 0.3) is 0 Å². The first-order chi connectivity index (χ1) is 6.79. The van der Waals surface area contributed by atoms with Crippen LogP contribution in [0.1, 0.15) is 30.1 Å². The first-order valence-corrected chi connectivity index (χ1v) is 4.69. The van der Waals surface area contributed by atoms with Gasteiger partial charge in [-0.05, 0) is 18.6 Å². The van der Waals surface area contributed by atoms with Crippen molar-refractivity contribution in [3.05, 3.63) is 23.8 Å². The molecule has 0 bridgehead atoms. The molecule has 1 aromatic rings. The van der Waals surface area contributed by atoms with Crippen LogP contribution in [0.2, 0.25) is 0 Å². The molecule has 3 nitrogen and oxygen atoms in total. The normalized spacial score (nSPS) is 9.79. The van der Waals surface area contributed by atoms with E-state index in [1.54, 1.807) is 18.2 Å². The maximum Gasteiger partial charge on any atom is 0.168 e. The molecule has 3 heteroatoms. The molecule has 0 radical (unpaired) electrons. The fraction of sp³-hybridized carbons (Fsp3) is 0.364. The number of aromatic hydroxyl groups is 1. The molecule has 0 aliphatic heterocycles. The van der Waals surface area contributed by atoms with E-state index in [0.717, 1.165) is 12.8 Å². The smallest absolute Gasteiger partial charge is 0.168 e. The quantitative estimate of drug-likeness (QED) is 0.578. The number of ether oxygens (including phenoxy) is 1. The third kappa shape index (κ3) is 2.49. The van der Waals surface area contributed by atoms with Crippen LogP contribution >= 0.6 is 0 Å². The molecule has 0 amide bonds. The van der Waals surface area contributed by atoms with Crippen LogP contribution in [0.4, 0.5) is 0 Å². The minimum absolute atomic E-state index is 0.0707. The topological polar surface area (TPSA) is 46.5 Å². The highest BCUT2D eigenvalue weighted by Crippen LogP contribution is 2.28. The molecule has 1 aromatic carbocycles. The predicted octanol–water partition coefficient (Wildman–Crippen LogP) is 2.38. The monoisotopic (exact) mass is 194 g/mol. The molecule has 0 saturated heterocycles. The Bertz CT molecular complexity index is 307. The number of rotatable bonds is 5. The molecule has 0 spiro atoms. The Morgan fingerprint density at radius 2 is 2.29 bits per heavy atom. The number of hydrogen-bond acceptors (Lipinski definition) is 3. The van der Waals surface area contributed by atoms with E-state index in [1.165, 1.54) is 0 Å². The van der Waals surface area contributed by atoms with Crippen molar-refractivity contribution in [1.29, 1.82) is 0 Å². The van der Waals surface area contributed by atoms with E-state index in [4.69, 9.17) is 4.74 Å². The molecule has 1 rings (SSSR count). The molecule has 14 heavy (non-hydrogen) atoms. The van der Waals surface area contributed by atoms with Gasteiger partial charge in [0.15, 0.2) is 17.8 Å². The summed E-state index contributed by atoms with van der Waals surface area (Å²) in [5.74, 6) is 0.307. The number of aldehydes is 1. The number of unbranched alkanes of at least 4 members (excludes halogenated alkanes) is 1. The first-order valence-electron chi connectivity index (χ1n) is 4.69. The van der Waals surface area contributed by atoms with Crippen LogP contribution in [0.5, 0.6) is 11.5 Å². The van der Waals surface area contributed by atoms with Crippen LogP contribution < -0.4 is 4.74 Å². The number of carbonyl (C=O) groups excluding carboxylic acids is 1. The number of phenolic OH excluding ortho intramolecular Hbond substituents is 1. The summed E-state index contributed by atoms with van der Waals surface area (Å²) in [4.78, 5) is 10.5. The fourth-order valence-corrected chi connectivity index (χ4v) is 1.08. The summed E-state index contributed by atoms with van der Waals surface area (Å²) in [6, 6.07) is 4.89. The van der Waals surface area contributed by atoms with Crippen LogP contribution in [-0.4, -0.2) is 18.0 Å². The molecule has 0 unspecified atom stereocenters. The second-order valence-electron chi connectivity index (χ2n) is 3.01. The van der Waals surface area contributed by atoms with Gasteiger partial charge in [0, 0.05) is 0 Å². The van der Waals surface area contributed by atoms with E-state index in [1.807, 2.05) is 0 Å². The Labute approximate surface area is 83.3 Å². The standard InChI is InChI=1S/C11H14O3/c1-2-3-7-14-10-6-4-5-9(8-12)11(10)13/h4-6,8,13H,2-3,7H2,1H3. The molecule has 0 atom stereocenters. The lowest BCUT2D eigenvalue weighted by atomic mass is 10.2. The molecule has 76 valence electrons. The van der Waals surface area contributed by atoms with Crippen molar-refractivity contribution in [3.8, 4) is 11.5 Å². The van der Waals surface area contributed by atoms with Gasteiger partial charge in [-0.25, -0.2) is 0 Å². The van der Waals surface area contributed by atoms with E-state index in [2.05, 4.69) is 6.92 Å². The average molecular weight is 194 g/mol. The fourth-order valence-electron chi connectivity index (χ4n) is 1.08. The van der Waals surface area contributed by atoms with Crippen LogP contribution in [0.25, 0.3) is 0 Å². The second kappa shape index (κ2) is 5.27. The SMILES string of the molecule is CCCCOc1cccc(C=O)c1O. The average Bonchev–Trinajstić information content (AvgIpc) is 2.21. The van der Waals surface area contributed by atoms with Gasteiger partial charge < -0.3 is 9.84 Å². The van der Waals surface area contributed by atoms with E-state index in [0.29, 0.717) is 18.6 Å². The summed E-state index contributed by atoms with van der Waals surface area (Å²) in [6.07, 6.45) is 2.58. The third-order valence-electron chi connectivity index (χ3n) is 1.91. The number of para-hydroxylation sites is 1. The van der Waals surface area contributed by atoms with Crippen molar-refractivity contribution in [1.82, 2.24) is 0 Å². The summed E-state index contributed by atoms with van der Waals surface area (Å²) in [5, 5.41) is 9.53. The van der Waals surface area contributed by atoms with Crippen molar-refractivity contribution in [2.45, 2.75) is 19.8 Å². The Morgan fingerprint density at radius 1 is 1.50 bits per heavy atom. The molecule has 0 heterocycles. The van der Waals surface area contributed by atoms with E-state index < -0.39 is 0 Å². The molecule has 0 fully saturated rings. The summed E-state index contributed by atoms with van der Waals surface area (Å²) in [7, 11) is 0. The molecule has 1 N–H and O–H groups in total. The zero-order valence-corrected chi connectivity index (χ0v) is 8.19. The molecular weight excluding hydrogens is 180 g/mol. The highest BCUT2D eigenvalue weighted by Gasteiger charge is 2.06. The van der Waals surface area contributed by atoms with Gasteiger partial charge in [0.05, 0.1) is 12.2 Å². The van der Waals surface area contributed by atoms with Crippen molar-refractivity contribution in [3.63, 3.8) is 0 Å². The lowest BCUT2D eigenvalue weighted by Crippen LogP contribution is -1.97. The number of benzene rings is 1. The van der Waals surface area contributed by atoms with Gasteiger partial charge in [-0.1, -0.05) is 19.4 Å². The van der Waals surface area contributed by atoms with Crippen molar-refractivity contribution in [2.75, 3.05) is 6.61 Å². The van der Waals surface area contributed by atoms with E-state index in [-0.39, 0.29) is 11.3 Å². The van der Waals surface area contributed by atoms with E-state index >= 15 is 0 Å². The molecular formula is C11H14O3. The summed E-state index contributed by atoms with van der Waals surface area (Å²) in [5.41, 5.74) is 0.263. The second-order valence-corrected chi connectivity index (χ2v) is 3.01. The van der Waals surface area contributed by atoms with Crippen LogP contribution in [0.3, 0.4) is 0 Å². The Balaban J connectivity index is 2.71. The summed E-state index contributed by atoms with van der Waals surface area (Å²) in [6.45, 7) is 2.62. The van der Waals surface area contributed by atoms with Gasteiger partial charge in [-0.2, -0.15) is 0 Å². The van der Waals surface area contributed by atoms with Gasteiger partial charge >= 0.3 is 0 Å². The van der Waals surface area contributed by atoms with Crippen molar-refractivity contribution in [2.24, 2.45) is 0 Å². The molecule has 0 aromatic heterocycles.